The molecule has 2 aromatic rings. The van der Waals surface area contributed by atoms with Gasteiger partial charge in [0, 0.05) is 17.7 Å². The van der Waals surface area contributed by atoms with Crippen molar-refractivity contribution >= 4 is 29.4 Å². The molecule has 2 aromatic carbocycles. The fraction of sp³-hybridized carbons (Fsp3) is 0.360. The molecule has 0 aliphatic carbocycles. The molecule has 2 fully saturated rings. The van der Waals surface area contributed by atoms with Crippen molar-refractivity contribution < 1.29 is 28.7 Å². The van der Waals surface area contributed by atoms with E-state index in [4.69, 9.17) is 9.47 Å². The summed E-state index contributed by atoms with van der Waals surface area (Å²) >= 11 is 0. The molecule has 36 heavy (non-hydrogen) atoms. The third-order valence-corrected chi connectivity index (χ3v) is 6.74. The topological polar surface area (TPSA) is 129 Å². The minimum absolute atomic E-state index is 0.00954. The number of nitrogens with one attached hydrogen (secondary N) is 3. The number of imide groups is 1. The predicted molar refractivity (Wildman–Crippen MR) is 128 cm³/mol. The Labute approximate surface area is 207 Å². The molecule has 1 unspecified atom stereocenters. The Bertz CT molecular complexity index is 1200. The summed E-state index contributed by atoms with van der Waals surface area (Å²) in [6, 6.07) is 13.4. The second kappa shape index (κ2) is 9.50. The number of hydrogen-bond donors (Lipinski definition) is 3. The summed E-state index contributed by atoms with van der Waals surface area (Å²) < 4.78 is 10.6. The van der Waals surface area contributed by atoms with Gasteiger partial charge in [-0.15, -0.1) is 0 Å². The van der Waals surface area contributed by atoms with Gasteiger partial charge in [0.05, 0.1) is 6.54 Å². The van der Waals surface area contributed by atoms with Crippen molar-refractivity contribution in [2.45, 2.75) is 25.3 Å². The largest absolute Gasteiger partial charge is 0.454 e. The summed E-state index contributed by atoms with van der Waals surface area (Å²) in [4.78, 5) is 52.6. The van der Waals surface area contributed by atoms with Gasteiger partial charge in [0.1, 0.15) is 5.54 Å². The normalized spacial score (nSPS) is 21.9. The molecule has 3 heterocycles. The molecular weight excluding hydrogens is 466 g/mol. The summed E-state index contributed by atoms with van der Waals surface area (Å²) in [5.41, 5.74) is 2.44. The highest BCUT2D eigenvalue weighted by atomic mass is 16.7. The van der Waals surface area contributed by atoms with E-state index in [-0.39, 0.29) is 25.2 Å². The van der Waals surface area contributed by atoms with E-state index in [1.807, 2.05) is 11.0 Å². The van der Waals surface area contributed by atoms with Crippen molar-refractivity contribution in [2.75, 3.05) is 31.7 Å². The van der Waals surface area contributed by atoms with E-state index < -0.39 is 23.4 Å². The molecule has 11 heteroatoms. The van der Waals surface area contributed by atoms with Gasteiger partial charge >= 0.3 is 6.03 Å². The fourth-order valence-corrected chi connectivity index (χ4v) is 4.64. The van der Waals surface area contributed by atoms with Gasteiger partial charge in [0.2, 0.25) is 12.7 Å². The lowest BCUT2D eigenvalue weighted by molar-refractivity contribution is -0.139. The number of urea groups is 1. The van der Waals surface area contributed by atoms with Crippen LogP contribution in [0.15, 0.2) is 48.5 Å². The number of fused-ring (bicyclic) bond motifs is 1. The van der Waals surface area contributed by atoms with Gasteiger partial charge < -0.3 is 20.1 Å². The summed E-state index contributed by atoms with van der Waals surface area (Å²) in [7, 11) is 0. The van der Waals surface area contributed by atoms with E-state index in [1.54, 1.807) is 49.4 Å². The molecule has 0 radical (unpaired) electrons. The van der Waals surface area contributed by atoms with E-state index in [9.17, 15) is 19.2 Å². The zero-order valence-corrected chi connectivity index (χ0v) is 19.8. The number of rotatable bonds is 6. The van der Waals surface area contributed by atoms with Gasteiger partial charge in [0.15, 0.2) is 11.5 Å². The molecule has 1 atom stereocenters. The minimum atomic E-state index is -1.25. The maximum atomic E-state index is 13.0. The third kappa shape index (κ3) is 4.57. The lowest BCUT2D eigenvalue weighted by atomic mass is 9.92. The number of carbonyl (C=O) groups excluding carboxylic acids is 4. The Kier molecular flexibility index (Phi) is 6.23. The van der Waals surface area contributed by atoms with E-state index in [1.165, 1.54) is 0 Å². The van der Waals surface area contributed by atoms with Crippen LogP contribution in [0.3, 0.4) is 0 Å². The molecule has 3 aliphatic heterocycles. The molecule has 5 amide bonds. The lowest BCUT2D eigenvalue weighted by Crippen LogP contribution is -2.51. The maximum Gasteiger partial charge on any atom is 0.344 e. The van der Waals surface area contributed by atoms with Crippen molar-refractivity contribution in [1.82, 2.24) is 20.7 Å². The predicted octanol–water partition coefficient (Wildman–Crippen LogP) is 1.56. The molecule has 0 aromatic heterocycles. The molecule has 2 saturated heterocycles. The van der Waals surface area contributed by atoms with Crippen molar-refractivity contribution in [3.05, 3.63) is 54.1 Å². The Balaban J connectivity index is 1.10. The van der Waals surface area contributed by atoms with Crippen LogP contribution in [-0.4, -0.2) is 60.1 Å². The number of piperidine rings is 1. The van der Waals surface area contributed by atoms with Gasteiger partial charge in [-0.05, 0) is 50.6 Å². The van der Waals surface area contributed by atoms with E-state index in [0.717, 1.165) is 5.01 Å². The zero-order chi connectivity index (χ0) is 25.3. The molecule has 188 valence electrons. The smallest absolute Gasteiger partial charge is 0.344 e. The van der Waals surface area contributed by atoms with Gasteiger partial charge in [-0.1, -0.05) is 30.3 Å². The van der Waals surface area contributed by atoms with Crippen LogP contribution in [0, 0.1) is 5.92 Å². The number of amides is 5. The fourth-order valence-electron chi connectivity index (χ4n) is 4.64. The van der Waals surface area contributed by atoms with Gasteiger partial charge in [-0.25, -0.2) is 4.79 Å². The quantitative estimate of drug-likeness (QED) is 0.521. The summed E-state index contributed by atoms with van der Waals surface area (Å²) in [6.07, 6.45) is 1.16. The molecule has 3 aliphatic rings. The average Bonchev–Trinajstić information content (AvgIpc) is 3.43. The lowest BCUT2D eigenvalue weighted by Gasteiger charge is -2.31. The highest BCUT2D eigenvalue weighted by Crippen LogP contribution is 2.34. The molecule has 5 rings (SSSR count). The number of anilines is 1. The van der Waals surface area contributed by atoms with Crippen molar-refractivity contribution in [3.63, 3.8) is 0 Å². The number of hydrogen-bond acceptors (Lipinski definition) is 7. The van der Waals surface area contributed by atoms with Crippen molar-refractivity contribution in [1.29, 1.82) is 0 Å². The second-order valence-corrected chi connectivity index (χ2v) is 9.20. The number of carbonyl (C=O) groups is 4. The molecular formula is C25H27N5O6. The SMILES string of the molecule is CC1(c2ccccc2)NC(=O)N(NC(=O)CN2CCC(C(=O)Nc3ccc4c(c3)OCO4)CC2)C1=O. The molecule has 0 saturated carbocycles. The average molecular weight is 494 g/mol. The van der Waals surface area contributed by atoms with Crippen LogP contribution in [0.4, 0.5) is 10.5 Å². The van der Waals surface area contributed by atoms with Crippen LogP contribution >= 0.6 is 0 Å². The number of likely N-dealkylation sites (tertiary alicyclic amines) is 1. The van der Waals surface area contributed by atoms with Crippen molar-refractivity contribution in [3.8, 4) is 11.5 Å². The van der Waals surface area contributed by atoms with E-state index in [0.29, 0.717) is 48.7 Å². The van der Waals surface area contributed by atoms with E-state index >= 15 is 0 Å². The highest BCUT2D eigenvalue weighted by molar-refractivity contribution is 6.08. The number of nitrogens with zero attached hydrogens (tertiary/aromatic N) is 2. The Hall–Kier alpha value is -4.12. The van der Waals surface area contributed by atoms with Crippen LogP contribution in [0.25, 0.3) is 0 Å². The third-order valence-electron chi connectivity index (χ3n) is 6.74. The molecule has 3 N–H and O–H groups in total. The van der Waals surface area contributed by atoms with Crippen LogP contribution in [0.5, 0.6) is 11.5 Å². The van der Waals surface area contributed by atoms with Gasteiger partial charge in [-0.2, -0.15) is 5.01 Å². The zero-order valence-electron chi connectivity index (χ0n) is 19.8. The Morgan fingerprint density at radius 1 is 1.06 bits per heavy atom. The molecule has 0 bridgehead atoms. The van der Waals surface area contributed by atoms with E-state index in [2.05, 4.69) is 16.1 Å². The molecule has 11 nitrogen and oxygen atoms in total. The minimum Gasteiger partial charge on any atom is -0.454 e. The number of ether oxygens (including phenoxy) is 2. The first-order valence-corrected chi connectivity index (χ1v) is 11.8. The summed E-state index contributed by atoms with van der Waals surface area (Å²) in [5.74, 6) is -0.0463. The van der Waals surface area contributed by atoms with Crippen LogP contribution in [0.1, 0.15) is 25.3 Å². The highest BCUT2D eigenvalue weighted by Gasteiger charge is 2.50. The first-order chi connectivity index (χ1) is 17.3. The Morgan fingerprint density at radius 2 is 1.78 bits per heavy atom. The standard InChI is InChI=1S/C25H27N5O6/c1-25(17-5-3-2-4-6-17)23(33)30(24(34)27-25)28-21(31)14-29-11-9-16(10-12-29)22(32)26-18-7-8-19-20(13-18)36-15-35-19/h2-8,13,16H,9-12,14-15H2,1H3,(H,26,32)(H,27,34)(H,28,31). The number of benzene rings is 2. The van der Waals surface area contributed by atoms with Crippen LogP contribution < -0.4 is 25.5 Å². The first kappa shape index (κ1) is 23.6. The summed E-state index contributed by atoms with van der Waals surface area (Å²) in [6.45, 7) is 2.86. The van der Waals surface area contributed by atoms with Crippen LogP contribution in [-0.2, 0) is 19.9 Å². The van der Waals surface area contributed by atoms with Gasteiger partial charge in [0.25, 0.3) is 11.8 Å². The van der Waals surface area contributed by atoms with Crippen LogP contribution in [0.2, 0.25) is 0 Å². The molecule has 0 spiro atoms. The monoisotopic (exact) mass is 493 g/mol. The summed E-state index contributed by atoms with van der Waals surface area (Å²) in [5, 5.41) is 6.31. The van der Waals surface area contributed by atoms with Crippen molar-refractivity contribution in [2.24, 2.45) is 5.92 Å². The Morgan fingerprint density at radius 3 is 2.53 bits per heavy atom. The second-order valence-electron chi connectivity index (χ2n) is 9.20. The first-order valence-electron chi connectivity index (χ1n) is 11.8. The maximum absolute atomic E-state index is 13.0. The van der Waals surface area contributed by atoms with Gasteiger partial charge in [-0.3, -0.25) is 24.7 Å². The number of hydrazine groups is 1.